The van der Waals surface area contributed by atoms with Crippen LogP contribution in [0.2, 0.25) is 0 Å². The Morgan fingerprint density at radius 1 is 0.733 bits per heavy atom. The molecule has 101 heavy (non-hydrogen) atoms. The summed E-state index contributed by atoms with van der Waals surface area (Å²) in [5.41, 5.74) is 6.64. The highest BCUT2D eigenvalue weighted by Crippen LogP contribution is 2.35. The molecular weight excluding hydrogens is 1320 g/mol. The van der Waals surface area contributed by atoms with Crippen LogP contribution in [0.3, 0.4) is 0 Å². The zero-order chi connectivity index (χ0) is 73.2. The smallest absolute Gasteiger partial charge is 0.495 e. The van der Waals surface area contributed by atoms with Gasteiger partial charge in [-0.25, -0.2) is 9.78 Å². The molecule has 1 unspecified atom stereocenters. The minimum atomic E-state index is -1.09. The van der Waals surface area contributed by atoms with Crippen LogP contribution < -0.4 is 47.4 Å². The number of urea groups is 1. The van der Waals surface area contributed by atoms with E-state index >= 15 is 0 Å². The van der Waals surface area contributed by atoms with E-state index in [1.54, 1.807) is 17.9 Å². The molecule has 1 saturated carbocycles. The molecule has 3 aliphatic heterocycles. The molecule has 4 amide bonds. The molecule has 17 nitrogen and oxygen atoms in total. The fourth-order valence-corrected chi connectivity index (χ4v) is 16.6. The lowest BCUT2D eigenvalue weighted by atomic mass is 9.75. The van der Waals surface area contributed by atoms with E-state index in [1.807, 2.05) is 108 Å². The third kappa shape index (κ3) is 32.2. The summed E-state index contributed by atoms with van der Waals surface area (Å²) in [7, 11) is 4.13. The fourth-order valence-electron chi connectivity index (χ4n) is 13.0. The summed E-state index contributed by atoms with van der Waals surface area (Å²) in [6, 6.07) is 25.4. The number of aromatic nitrogens is 1. The minimum absolute atomic E-state index is 0.0111. The fraction of sp³-hybridized carbons (Fsp3) is 0.613. The lowest BCUT2D eigenvalue weighted by Gasteiger charge is -2.28. The average molecular weight is 1450 g/mol. The van der Waals surface area contributed by atoms with Gasteiger partial charge in [-0.05, 0) is 224 Å². The van der Waals surface area contributed by atoms with E-state index in [-0.39, 0.29) is 70.8 Å². The maximum absolute atomic E-state index is 13.2. The number of aryl methyl sites for hydroxylation is 2. The van der Waals surface area contributed by atoms with Crippen LogP contribution in [0.5, 0.6) is 5.75 Å². The van der Waals surface area contributed by atoms with Crippen LogP contribution in [0.4, 0.5) is 4.79 Å². The van der Waals surface area contributed by atoms with Crippen LogP contribution in [0.25, 0.3) is 0 Å². The number of allylic oxidation sites excluding steroid dienone is 1. The first kappa shape index (κ1) is 84.4. The number of benzene rings is 3. The summed E-state index contributed by atoms with van der Waals surface area (Å²) in [6.07, 6.45) is 24.2. The Hall–Kier alpha value is -5.52. The number of hydrogen-bond donors (Lipinski definition) is 8. The molecule has 1 aromatic heterocycles. The normalized spacial score (nSPS) is 17.5. The van der Waals surface area contributed by atoms with Crippen molar-refractivity contribution in [1.82, 2.24) is 42.2 Å². The number of fused-ring (bicyclic) bond motifs is 2. The summed E-state index contributed by atoms with van der Waals surface area (Å²) in [5, 5.41) is 34.6. The lowest BCUT2D eigenvalue weighted by Crippen LogP contribution is -2.51. The van der Waals surface area contributed by atoms with Crippen molar-refractivity contribution in [1.29, 1.82) is 0 Å². The standard InChI is InChI=1S/C33H40BNO5.C33H56N6O3S3.C14H25NO/c1-33(2,3)35-20-10-15-29(36)27-21-26(32(39-4)30-28(27)22-40-34(30)38)14-9-8-11-23-16-18-25(19-17-23)31(37)24-12-6-5-7-13-24;1-33(2,3)39-25(16-8-5-4-6-15-23-44-45-29-19-11-14-21-35-29)31(41)36-22-13-7-12-20-34-28(40)18-10-9-17-27-30-26(24-43-27)37-32(42)38-30;1-11-7-8-12(13(16)10-11)6-5-9-15-14(2,3)4/h5-7,12-13,16-19,21,35,38H,8-11,14-15,20,22H2,1-4H3;11,14,19,21,25-27,30,39H,4-10,12-13,15-18,20,22-24H2,1-3H3,(H,34,40)(H,36,41)(H2,37,38,42);12,15H,1,5-10H2,2-4H3/t;25-,26-,27-,30-;/m.0./s1. The molecule has 3 aromatic carbocycles. The summed E-state index contributed by atoms with van der Waals surface area (Å²) < 4.78 is 11.2. The van der Waals surface area contributed by atoms with E-state index in [1.165, 1.54) is 24.8 Å². The molecule has 2 saturated heterocycles. The third-order valence-corrected chi connectivity index (χ3v) is 22.2. The number of ketones is 3. The number of ether oxygens (including phenoxy) is 1. The van der Waals surface area contributed by atoms with Crippen molar-refractivity contribution in [2.45, 2.75) is 268 Å². The molecule has 1 aliphatic carbocycles. The molecule has 4 aliphatic rings. The van der Waals surface area contributed by atoms with Gasteiger partial charge in [-0.3, -0.25) is 24.0 Å². The summed E-state index contributed by atoms with van der Waals surface area (Å²) in [4.78, 5) is 78.6. The van der Waals surface area contributed by atoms with Crippen molar-refractivity contribution in [3.8, 4) is 5.75 Å². The van der Waals surface area contributed by atoms with Gasteiger partial charge in [0.05, 0.1) is 31.8 Å². The largest absolute Gasteiger partial charge is 0.497 e. The monoisotopic (exact) mass is 1440 g/mol. The van der Waals surface area contributed by atoms with Gasteiger partial charge in [0.2, 0.25) is 11.8 Å². The number of nitrogens with zero attached hydrogens (tertiary/aromatic N) is 1. The van der Waals surface area contributed by atoms with Gasteiger partial charge in [-0.2, -0.15) is 11.8 Å². The number of pyridine rings is 1. The van der Waals surface area contributed by atoms with Gasteiger partial charge in [0.15, 0.2) is 11.6 Å². The number of carbonyl (C=O) groups excluding carboxylic acids is 6. The number of nitrogens with one attached hydrogen (secondary N) is 7. The predicted molar refractivity (Wildman–Crippen MR) is 419 cm³/mol. The number of Topliss-reactive ketones (excluding diaryl/α,β-unsaturated/α-hetero) is 2. The third-order valence-electron chi connectivity index (χ3n) is 18.4. The molecule has 4 heterocycles. The van der Waals surface area contributed by atoms with E-state index in [0.29, 0.717) is 77.2 Å². The molecule has 0 radical (unpaired) electrons. The first-order chi connectivity index (χ1) is 48.3. The quantitative estimate of drug-likeness (QED) is 0.00516. The van der Waals surface area contributed by atoms with Gasteiger partial charge in [-0.15, -0.1) is 0 Å². The van der Waals surface area contributed by atoms with E-state index < -0.39 is 7.12 Å². The first-order valence-electron chi connectivity index (χ1n) is 37.4. The summed E-state index contributed by atoms with van der Waals surface area (Å²) in [6.45, 7) is 26.4. The zero-order valence-electron chi connectivity index (χ0n) is 62.6. The second kappa shape index (κ2) is 44.3. The number of amides is 4. The van der Waals surface area contributed by atoms with Crippen molar-refractivity contribution in [3.63, 3.8) is 0 Å². The van der Waals surface area contributed by atoms with Gasteiger partial charge in [0, 0.05) is 100.0 Å². The molecule has 8 rings (SSSR count). The molecule has 8 N–H and O–H groups in total. The number of carbonyl (C=O) groups is 6. The van der Waals surface area contributed by atoms with Gasteiger partial charge >= 0.3 is 13.1 Å². The van der Waals surface area contributed by atoms with E-state index in [2.05, 4.69) is 111 Å². The minimum Gasteiger partial charge on any atom is -0.497 e. The second-order valence-electron chi connectivity index (χ2n) is 30.6. The van der Waals surface area contributed by atoms with E-state index in [4.69, 9.17) is 9.39 Å². The van der Waals surface area contributed by atoms with Crippen molar-refractivity contribution in [3.05, 3.63) is 131 Å². The number of methoxy groups -OCH3 is 1. The Balaban J connectivity index is 0.000000262. The van der Waals surface area contributed by atoms with Crippen molar-refractivity contribution in [2.75, 3.05) is 44.8 Å². The number of thioether (sulfide) groups is 1. The van der Waals surface area contributed by atoms with Crippen molar-refractivity contribution in [2.24, 2.45) is 5.92 Å². The Morgan fingerprint density at radius 2 is 1.41 bits per heavy atom. The Bertz CT molecular complexity index is 3200. The van der Waals surface area contributed by atoms with Crippen molar-refractivity contribution >= 4 is 81.1 Å². The van der Waals surface area contributed by atoms with Crippen LogP contribution >= 0.6 is 33.3 Å². The maximum Gasteiger partial charge on any atom is 0.495 e. The zero-order valence-corrected chi connectivity index (χ0v) is 65.0. The Kier molecular flexibility index (Phi) is 37.1. The highest BCUT2D eigenvalue weighted by molar-refractivity contribution is 8.76. The van der Waals surface area contributed by atoms with Gasteiger partial charge in [-0.1, -0.05) is 116 Å². The highest BCUT2D eigenvalue weighted by atomic mass is 33.1. The summed E-state index contributed by atoms with van der Waals surface area (Å²) in [5.74, 6) is 3.74. The van der Waals surface area contributed by atoms with Gasteiger partial charge in [0.1, 0.15) is 16.6 Å². The van der Waals surface area contributed by atoms with E-state index in [9.17, 15) is 33.8 Å². The Morgan fingerprint density at radius 3 is 2.10 bits per heavy atom. The molecule has 21 heteroatoms. The molecule has 4 aromatic rings. The van der Waals surface area contributed by atoms with Crippen LogP contribution in [0, 0.1) is 5.92 Å². The highest BCUT2D eigenvalue weighted by Gasteiger charge is 2.43. The Labute approximate surface area is 617 Å². The molecule has 5 atom stereocenters. The van der Waals surface area contributed by atoms with Crippen LogP contribution in [0.1, 0.15) is 247 Å². The SMILES string of the molecule is C=C1CCC(CCCNC(C)(C)C)C(=O)C1.CC(C)(C)N[C@@H](CCCCCCCSSc1ccccn1)C(=O)NCCCCCNC(=O)CCCC[C@@H]1SC[C@@H]2NC(=O)N[C@@H]21.COc1c(CCCCc2ccc(C(=O)c3ccccc3)cc2)cc(C(=O)CCCNC(C)(C)C)c2c1B(O)OC2. The number of unbranched alkanes of at least 4 members (excludes halogenated alkanes) is 8. The van der Waals surface area contributed by atoms with Gasteiger partial charge < -0.3 is 51.6 Å². The van der Waals surface area contributed by atoms with Crippen LogP contribution in [-0.4, -0.2) is 137 Å². The van der Waals surface area contributed by atoms with Gasteiger partial charge in [0.25, 0.3) is 0 Å². The van der Waals surface area contributed by atoms with E-state index in [0.717, 1.165) is 162 Å². The average Bonchev–Trinajstić information content (AvgIpc) is 1.67. The number of rotatable bonds is 40. The summed E-state index contributed by atoms with van der Waals surface area (Å²) >= 11 is 1.92. The predicted octanol–water partition coefficient (Wildman–Crippen LogP) is 14.2. The molecule has 556 valence electrons. The molecular formula is C80H121BN8O9S3. The van der Waals surface area contributed by atoms with Crippen LogP contribution in [0.15, 0.2) is 102 Å². The number of hydrogen-bond acceptors (Lipinski definition) is 16. The van der Waals surface area contributed by atoms with Crippen LogP contribution in [-0.2, 0) is 38.5 Å². The second-order valence-corrected chi connectivity index (χ2v) is 34.3. The molecule has 3 fully saturated rings. The lowest BCUT2D eigenvalue weighted by molar-refractivity contribution is -0.124. The molecule has 0 bridgehead atoms. The topological polar surface area (TPSA) is 238 Å². The maximum atomic E-state index is 13.2. The molecule has 0 spiro atoms. The first-order valence-corrected chi connectivity index (χ1v) is 40.8. The van der Waals surface area contributed by atoms with Crippen molar-refractivity contribution < 1.29 is 43.2 Å².